The molecule has 1 aromatic carbocycles. The molecule has 1 fully saturated rings. The Morgan fingerprint density at radius 2 is 2.29 bits per heavy atom. The summed E-state index contributed by atoms with van der Waals surface area (Å²) in [6.45, 7) is 4.06. The largest absolute Gasteiger partial charge is 0.507 e. The third kappa shape index (κ3) is 3.88. The highest BCUT2D eigenvalue weighted by atomic mass is 16.5. The lowest BCUT2D eigenvalue weighted by atomic mass is 10.1. The highest BCUT2D eigenvalue weighted by Crippen LogP contribution is 2.25. The van der Waals surface area contributed by atoms with Gasteiger partial charge in [-0.15, -0.1) is 0 Å². The molecule has 1 saturated heterocycles. The van der Waals surface area contributed by atoms with Crippen LogP contribution in [-0.2, 0) is 4.74 Å². The van der Waals surface area contributed by atoms with Crippen molar-refractivity contribution in [2.75, 3.05) is 26.8 Å². The maximum atomic E-state index is 12.6. The quantitative estimate of drug-likeness (QED) is 0.906. The van der Waals surface area contributed by atoms with Gasteiger partial charge in [-0.05, 0) is 37.5 Å². The van der Waals surface area contributed by atoms with E-state index in [-0.39, 0.29) is 23.3 Å². The van der Waals surface area contributed by atoms with E-state index in [4.69, 9.17) is 9.47 Å². The Morgan fingerprint density at radius 1 is 1.48 bits per heavy atom. The fourth-order valence-corrected chi connectivity index (χ4v) is 2.53. The number of hydrogen-bond acceptors (Lipinski definition) is 4. The second-order valence-corrected chi connectivity index (χ2v) is 5.27. The van der Waals surface area contributed by atoms with E-state index in [1.54, 1.807) is 17.0 Å². The molecule has 0 saturated carbocycles. The van der Waals surface area contributed by atoms with Gasteiger partial charge >= 0.3 is 0 Å². The Labute approximate surface area is 125 Å². The Morgan fingerprint density at radius 3 is 3.00 bits per heavy atom. The van der Waals surface area contributed by atoms with Crippen molar-refractivity contribution in [3.8, 4) is 11.5 Å². The van der Waals surface area contributed by atoms with Crippen LogP contribution in [0.3, 0.4) is 0 Å². The molecular formula is C16H23NO4. The first kappa shape index (κ1) is 15.6. The van der Waals surface area contributed by atoms with Crippen LogP contribution in [0, 0.1) is 0 Å². The molecule has 1 atom stereocenters. The van der Waals surface area contributed by atoms with Gasteiger partial charge in [0.2, 0.25) is 0 Å². The maximum Gasteiger partial charge on any atom is 0.257 e. The minimum atomic E-state index is -0.170. The molecule has 2 rings (SSSR count). The summed E-state index contributed by atoms with van der Waals surface area (Å²) in [5, 5.41) is 9.90. The molecule has 5 nitrogen and oxygen atoms in total. The third-order valence-electron chi connectivity index (χ3n) is 3.66. The van der Waals surface area contributed by atoms with Gasteiger partial charge in [0, 0.05) is 19.7 Å². The van der Waals surface area contributed by atoms with E-state index in [0.717, 1.165) is 25.9 Å². The maximum absolute atomic E-state index is 12.6. The number of rotatable bonds is 5. The second kappa shape index (κ2) is 7.31. The first-order valence-corrected chi connectivity index (χ1v) is 7.43. The van der Waals surface area contributed by atoms with Gasteiger partial charge in [0.25, 0.3) is 5.91 Å². The number of nitrogens with zero attached hydrogens (tertiary/aromatic N) is 1. The standard InChI is InChI=1S/C16H23NO4/c1-3-9-21-13-5-4-8-17(11-13)16(19)14-10-12(20-2)6-7-15(14)18/h6-7,10,13,18H,3-5,8-9,11H2,1-2H3. The van der Waals surface area contributed by atoms with E-state index in [0.29, 0.717) is 18.8 Å². The van der Waals surface area contributed by atoms with E-state index < -0.39 is 0 Å². The second-order valence-electron chi connectivity index (χ2n) is 5.27. The molecule has 116 valence electrons. The highest BCUT2D eigenvalue weighted by Gasteiger charge is 2.26. The lowest BCUT2D eigenvalue weighted by Crippen LogP contribution is -2.43. The van der Waals surface area contributed by atoms with Crippen molar-refractivity contribution in [1.82, 2.24) is 4.90 Å². The van der Waals surface area contributed by atoms with Gasteiger partial charge in [-0.1, -0.05) is 6.92 Å². The minimum Gasteiger partial charge on any atom is -0.507 e. The van der Waals surface area contributed by atoms with Crippen molar-refractivity contribution in [2.45, 2.75) is 32.3 Å². The van der Waals surface area contributed by atoms with Gasteiger partial charge in [0.15, 0.2) is 0 Å². The van der Waals surface area contributed by atoms with Gasteiger partial charge in [0.1, 0.15) is 11.5 Å². The van der Waals surface area contributed by atoms with Crippen LogP contribution in [0.25, 0.3) is 0 Å². The number of likely N-dealkylation sites (tertiary alicyclic amines) is 1. The Balaban J connectivity index is 2.08. The van der Waals surface area contributed by atoms with Gasteiger partial charge in [-0.2, -0.15) is 0 Å². The van der Waals surface area contributed by atoms with Crippen molar-refractivity contribution in [3.63, 3.8) is 0 Å². The third-order valence-corrected chi connectivity index (χ3v) is 3.66. The summed E-state index contributed by atoms with van der Waals surface area (Å²) in [6.07, 6.45) is 2.97. The zero-order chi connectivity index (χ0) is 15.2. The van der Waals surface area contributed by atoms with Crippen molar-refractivity contribution in [1.29, 1.82) is 0 Å². The first-order valence-electron chi connectivity index (χ1n) is 7.43. The van der Waals surface area contributed by atoms with Crippen LogP contribution in [0.15, 0.2) is 18.2 Å². The number of ether oxygens (including phenoxy) is 2. The average molecular weight is 293 g/mol. The number of phenolic OH excluding ortho intramolecular Hbond substituents is 1. The molecule has 1 aliphatic rings. The molecule has 0 radical (unpaired) electrons. The number of methoxy groups -OCH3 is 1. The van der Waals surface area contributed by atoms with E-state index in [9.17, 15) is 9.90 Å². The predicted molar refractivity (Wildman–Crippen MR) is 79.8 cm³/mol. The summed E-state index contributed by atoms with van der Waals surface area (Å²) >= 11 is 0. The summed E-state index contributed by atoms with van der Waals surface area (Å²) in [4.78, 5) is 14.3. The Hall–Kier alpha value is -1.75. The number of piperidine rings is 1. The fourth-order valence-electron chi connectivity index (χ4n) is 2.53. The topological polar surface area (TPSA) is 59.0 Å². The molecule has 0 bridgehead atoms. The number of phenols is 1. The summed E-state index contributed by atoms with van der Waals surface area (Å²) in [5.74, 6) is 0.376. The molecule has 0 aromatic heterocycles. The van der Waals surface area contributed by atoms with Gasteiger partial charge < -0.3 is 19.5 Å². The zero-order valence-corrected chi connectivity index (χ0v) is 12.7. The van der Waals surface area contributed by atoms with Gasteiger partial charge in [0.05, 0.1) is 18.8 Å². The molecule has 1 amide bonds. The number of hydrogen-bond donors (Lipinski definition) is 1. The smallest absolute Gasteiger partial charge is 0.257 e. The van der Waals surface area contributed by atoms with Crippen LogP contribution in [0.1, 0.15) is 36.5 Å². The van der Waals surface area contributed by atoms with Crippen LogP contribution in [-0.4, -0.2) is 48.8 Å². The number of aromatic hydroxyl groups is 1. The molecular weight excluding hydrogens is 270 g/mol. The molecule has 5 heteroatoms. The lowest BCUT2D eigenvalue weighted by Gasteiger charge is -2.32. The number of carbonyl (C=O) groups is 1. The number of benzene rings is 1. The first-order chi connectivity index (χ1) is 10.2. The van der Waals surface area contributed by atoms with Crippen molar-refractivity contribution in [3.05, 3.63) is 23.8 Å². The van der Waals surface area contributed by atoms with E-state index in [2.05, 4.69) is 6.92 Å². The Kier molecular flexibility index (Phi) is 5.44. The van der Waals surface area contributed by atoms with E-state index in [1.165, 1.54) is 13.2 Å². The van der Waals surface area contributed by atoms with Crippen LogP contribution >= 0.6 is 0 Å². The van der Waals surface area contributed by atoms with Crippen LogP contribution in [0.4, 0.5) is 0 Å². The van der Waals surface area contributed by atoms with Crippen LogP contribution in [0.5, 0.6) is 11.5 Å². The van der Waals surface area contributed by atoms with Gasteiger partial charge in [-0.25, -0.2) is 0 Å². The van der Waals surface area contributed by atoms with Crippen molar-refractivity contribution >= 4 is 5.91 Å². The summed E-state index contributed by atoms with van der Waals surface area (Å²) in [6, 6.07) is 4.70. The Bertz CT molecular complexity index is 489. The highest BCUT2D eigenvalue weighted by molar-refractivity contribution is 5.97. The van der Waals surface area contributed by atoms with Gasteiger partial charge in [-0.3, -0.25) is 4.79 Å². The molecule has 0 aliphatic carbocycles. The number of carbonyl (C=O) groups excluding carboxylic acids is 1. The normalized spacial score (nSPS) is 18.6. The van der Waals surface area contributed by atoms with E-state index in [1.807, 2.05) is 0 Å². The fraction of sp³-hybridized carbons (Fsp3) is 0.562. The SMILES string of the molecule is CCCOC1CCCN(C(=O)c2cc(OC)ccc2O)C1. The molecule has 1 unspecified atom stereocenters. The van der Waals surface area contributed by atoms with Crippen LogP contribution in [0.2, 0.25) is 0 Å². The van der Waals surface area contributed by atoms with Crippen LogP contribution < -0.4 is 4.74 Å². The average Bonchev–Trinajstić information content (AvgIpc) is 2.53. The van der Waals surface area contributed by atoms with Crippen molar-refractivity contribution in [2.24, 2.45) is 0 Å². The number of amides is 1. The van der Waals surface area contributed by atoms with Crippen molar-refractivity contribution < 1.29 is 19.4 Å². The zero-order valence-electron chi connectivity index (χ0n) is 12.7. The predicted octanol–water partition coefficient (Wildman–Crippen LogP) is 2.43. The minimum absolute atomic E-state index is 0.0163. The summed E-state index contributed by atoms with van der Waals surface area (Å²) < 4.78 is 10.9. The molecule has 21 heavy (non-hydrogen) atoms. The lowest BCUT2D eigenvalue weighted by molar-refractivity contribution is 0.00201. The molecule has 1 aliphatic heterocycles. The molecule has 1 N–H and O–H groups in total. The molecule has 0 spiro atoms. The summed E-state index contributed by atoms with van der Waals surface area (Å²) in [5.41, 5.74) is 0.283. The van der Waals surface area contributed by atoms with E-state index >= 15 is 0 Å². The monoisotopic (exact) mass is 293 g/mol. The summed E-state index contributed by atoms with van der Waals surface area (Å²) in [7, 11) is 1.54. The molecule has 1 heterocycles. The molecule has 1 aromatic rings.